The van der Waals surface area contributed by atoms with Gasteiger partial charge in [-0.1, -0.05) is 13.8 Å². The van der Waals surface area contributed by atoms with E-state index in [-0.39, 0.29) is 16.7 Å². The number of nitrogens with one attached hydrogen (secondary N) is 1. The molecule has 1 atom stereocenters. The van der Waals surface area contributed by atoms with Crippen LogP contribution >= 0.6 is 0 Å². The Balaban J connectivity index is 2.82. The highest BCUT2D eigenvalue weighted by Crippen LogP contribution is 2.16. The van der Waals surface area contributed by atoms with E-state index in [9.17, 15) is 13.2 Å². The fraction of sp³-hybridized carbons (Fsp3) is 0.417. The van der Waals surface area contributed by atoms with Gasteiger partial charge in [0.25, 0.3) is 10.1 Å². The molecule has 1 rings (SSSR count). The van der Waals surface area contributed by atoms with E-state index < -0.39 is 10.1 Å². The van der Waals surface area contributed by atoms with Crippen molar-refractivity contribution in [3.8, 4) is 0 Å². The van der Waals surface area contributed by atoms with E-state index in [2.05, 4.69) is 9.50 Å². The van der Waals surface area contributed by atoms with Crippen molar-refractivity contribution in [3.05, 3.63) is 24.3 Å². The van der Waals surface area contributed by atoms with Gasteiger partial charge in [-0.05, 0) is 30.7 Å². The number of amides is 1. The fourth-order valence-electron chi connectivity index (χ4n) is 1.25. The third-order valence-corrected chi connectivity index (χ3v) is 3.98. The third-order valence-electron chi connectivity index (χ3n) is 2.69. The topological polar surface area (TPSA) is 72.5 Å². The van der Waals surface area contributed by atoms with Gasteiger partial charge in [0.2, 0.25) is 5.91 Å². The van der Waals surface area contributed by atoms with Gasteiger partial charge in [0.1, 0.15) is 0 Å². The molecule has 0 saturated heterocycles. The number of anilines is 1. The van der Waals surface area contributed by atoms with Crippen molar-refractivity contribution in [2.24, 2.45) is 5.92 Å². The van der Waals surface area contributed by atoms with Crippen molar-refractivity contribution in [3.63, 3.8) is 0 Å². The molecule has 0 bridgehead atoms. The van der Waals surface area contributed by atoms with Gasteiger partial charge in [-0.25, -0.2) is 0 Å². The van der Waals surface area contributed by atoms with Gasteiger partial charge in [-0.3, -0.25) is 8.98 Å². The summed E-state index contributed by atoms with van der Waals surface area (Å²) in [5.74, 6) is -0.160. The lowest BCUT2D eigenvalue weighted by atomic mass is 10.1. The van der Waals surface area contributed by atoms with Crippen LogP contribution in [0, 0.1) is 5.92 Å². The molecular formula is C12H17NO4S. The standard InChI is InChI=1S/C12H17NO4S/c1-4-9(2)12(14)13-10-5-7-11(8-6-10)18(15,16)17-3/h5-9H,4H2,1-3H3,(H,13,14). The molecule has 0 saturated carbocycles. The minimum Gasteiger partial charge on any atom is -0.326 e. The van der Waals surface area contributed by atoms with Crippen molar-refractivity contribution in [2.45, 2.75) is 25.2 Å². The van der Waals surface area contributed by atoms with Crippen LogP contribution in [0.15, 0.2) is 29.2 Å². The summed E-state index contributed by atoms with van der Waals surface area (Å²) in [6.45, 7) is 3.76. The van der Waals surface area contributed by atoms with Gasteiger partial charge in [-0.2, -0.15) is 8.42 Å². The summed E-state index contributed by atoms with van der Waals surface area (Å²) >= 11 is 0. The SMILES string of the molecule is CCC(C)C(=O)Nc1ccc(S(=O)(=O)OC)cc1. The predicted molar refractivity (Wildman–Crippen MR) is 68.7 cm³/mol. The maximum Gasteiger partial charge on any atom is 0.296 e. The van der Waals surface area contributed by atoms with Crippen LogP contribution in [-0.4, -0.2) is 21.4 Å². The van der Waals surface area contributed by atoms with Gasteiger partial charge < -0.3 is 5.32 Å². The normalized spacial score (nSPS) is 13.1. The Morgan fingerprint density at radius 1 is 1.33 bits per heavy atom. The number of hydrogen-bond acceptors (Lipinski definition) is 4. The lowest BCUT2D eigenvalue weighted by Crippen LogP contribution is -2.19. The van der Waals surface area contributed by atoms with Crippen molar-refractivity contribution in [1.82, 2.24) is 0 Å². The van der Waals surface area contributed by atoms with Gasteiger partial charge in [0.15, 0.2) is 0 Å². The Morgan fingerprint density at radius 3 is 2.33 bits per heavy atom. The molecule has 6 heteroatoms. The molecule has 1 N–H and O–H groups in total. The maximum atomic E-state index is 11.6. The first-order chi connectivity index (χ1) is 8.40. The van der Waals surface area contributed by atoms with Gasteiger partial charge in [0.05, 0.1) is 12.0 Å². The van der Waals surface area contributed by atoms with Crippen LogP contribution in [0.25, 0.3) is 0 Å². The molecule has 0 aromatic heterocycles. The number of hydrogen-bond donors (Lipinski definition) is 1. The molecule has 0 aliphatic carbocycles. The minimum absolute atomic E-state index is 0.0616. The molecule has 1 amide bonds. The molecule has 18 heavy (non-hydrogen) atoms. The Bertz CT molecular complexity index is 507. The second-order valence-corrected chi connectivity index (χ2v) is 5.66. The van der Waals surface area contributed by atoms with Crippen LogP contribution in [0.5, 0.6) is 0 Å². The minimum atomic E-state index is -3.68. The second kappa shape index (κ2) is 5.97. The van der Waals surface area contributed by atoms with Crippen LogP contribution in [0.4, 0.5) is 5.69 Å². The molecule has 100 valence electrons. The molecule has 1 aromatic rings. The average Bonchev–Trinajstić information content (AvgIpc) is 2.38. The maximum absolute atomic E-state index is 11.6. The number of carbonyl (C=O) groups excluding carboxylic acids is 1. The Morgan fingerprint density at radius 2 is 1.89 bits per heavy atom. The summed E-state index contributed by atoms with van der Waals surface area (Å²) in [6, 6.07) is 5.86. The van der Waals surface area contributed by atoms with Crippen LogP contribution < -0.4 is 5.32 Å². The van der Waals surface area contributed by atoms with Crippen molar-refractivity contribution in [2.75, 3.05) is 12.4 Å². The zero-order valence-corrected chi connectivity index (χ0v) is 11.5. The van der Waals surface area contributed by atoms with Crippen molar-refractivity contribution in [1.29, 1.82) is 0 Å². The Labute approximate surface area is 107 Å². The molecule has 0 heterocycles. The highest BCUT2D eigenvalue weighted by atomic mass is 32.2. The van der Waals surface area contributed by atoms with Gasteiger partial charge in [-0.15, -0.1) is 0 Å². The summed E-state index contributed by atoms with van der Waals surface area (Å²) in [5, 5.41) is 2.71. The van der Waals surface area contributed by atoms with E-state index in [0.717, 1.165) is 13.5 Å². The van der Waals surface area contributed by atoms with E-state index in [4.69, 9.17) is 0 Å². The molecule has 0 radical (unpaired) electrons. The van der Waals surface area contributed by atoms with E-state index in [1.165, 1.54) is 24.3 Å². The molecule has 0 aliphatic rings. The quantitative estimate of drug-likeness (QED) is 0.831. The first-order valence-corrected chi connectivity index (χ1v) is 7.03. The molecule has 5 nitrogen and oxygen atoms in total. The summed E-state index contributed by atoms with van der Waals surface area (Å²) in [7, 11) is -2.57. The molecule has 1 unspecified atom stereocenters. The molecular weight excluding hydrogens is 254 g/mol. The van der Waals surface area contributed by atoms with Crippen molar-refractivity contribution >= 4 is 21.7 Å². The first kappa shape index (κ1) is 14.7. The Kier molecular flexibility index (Phi) is 4.86. The lowest BCUT2D eigenvalue weighted by Gasteiger charge is -2.10. The van der Waals surface area contributed by atoms with Crippen molar-refractivity contribution < 1.29 is 17.4 Å². The monoisotopic (exact) mass is 271 g/mol. The fourth-order valence-corrected chi connectivity index (χ4v) is 1.91. The summed E-state index contributed by atoms with van der Waals surface area (Å²) in [4.78, 5) is 11.7. The Hall–Kier alpha value is -1.40. The molecule has 1 aromatic carbocycles. The zero-order chi connectivity index (χ0) is 13.8. The summed E-state index contributed by atoms with van der Waals surface area (Å²) in [5.41, 5.74) is 0.565. The van der Waals surface area contributed by atoms with E-state index in [1.54, 1.807) is 0 Å². The highest BCUT2D eigenvalue weighted by Gasteiger charge is 2.14. The highest BCUT2D eigenvalue weighted by molar-refractivity contribution is 7.86. The summed E-state index contributed by atoms with van der Waals surface area (Å²) < 4.78 is 27.1. The lowest BCUT2D eigenvalue weighted by molar-refractivity contribution is -0.119. The van der Waals surface area contributed by atoms with Crippen LogP contribution in [0.3, 0.4) is 0 Å². The third kappa shape index (κ3) is 3.54. The average molecular weight is 271 g/mol. The predicted octanol–water partition coefficient (Wildman–Crippen LogP) is 2.01. The second-order valence-electron chi connectivity index (χ2n) is 3.94. The number of benzene rings is 1. The molecule has 0 fully saturated rings. The summed E-state index contributed by atoms with van der Waals surface area (Å²) in [6.07, 6.45) is 0.752. The van der Waals surface area contributed by atoms with E-state index in [1.807, 2.05) is 13.8 Å². The van der Waals surface area contributed by atoms with Gasteiger partial charge in [0, 0.05) is 11.6 Å². The van der Waals surface area contributed by atoms with E-state index >= 15 is 0 Å². The van der Waals surface area contributed by atoms with Crippen LogP contribution in [0.1, 0.15) is 20.3 Å². The van der Waals surface area contributed by atoms with Gasteiger partial charge >= 0.3 is 0 Å². The first-order valence-electron chi connectivity index (χ1n) is 5.62. The molecule has 0 aliphatic heterocycles. The number of rotatable bonds is 5. The largest absolute Gasteiger partial charge is 0.326 e. The zero-order valence-electron chi connectivity index (χ0n) is 10.6. The molecule has 0 spiro atoms. The smallest absolute Gasteiger partial charge is 0.296 e. The van der Waals surface area contributed by atoms with E-state index in [0.29, 0.717) is 5.69 Å². The van der Waals surface area contributed by atoms with Crippen LogP contribution in [0.2, 0.25) is 0 Å². The van der Waals surface area contributed by atoms with Crippen LogP contribution in [-0.2, 0) is 19.1 Å². The number of carbonyl (C=O) groups is 1.